The molecule has 3 aromatic rings. The number of aryl methyl sites for hydroxylation is 1. The molecule has 2 aromatic heterocycles. The number of anilines is 1. The lowest BCUT2D eigenvalue weighted by atomic mass is 10.0. The zero-order valence-electron chi connectivity index (χ0n) is 25.8. The quantitative estimate of drug-likeness (QED) is 0.159. The van der Waals surface area contributed by atoms with E-state index < -0.39 is 21.3 Å². The molecule has 3 heterocycles. The molecule has 14 nitrogen and oxygen atoms in total. The number of nitrogens with one attached hydrogen (secondary N) is 1. The Kier molecular flexibility index (Phi) is 10.7. The normalized spacial score (nSPS) is 16.2. The highest BCUT2D eigenvalue weighted by molar-refractivity contribution is 7.93. The van der Waals surface area contributed by atoms with Crippen LogP contribution in [0.5, 0.6) is 11.5 Å². The Morgan fingerprint density at radius 3 is 2.32 bits per heavy atom. The molecular weight excluding hydrogens is 588 g/mol. The monoisotopic (exact) mass is 626 g/mol. The summed E-state index contributed by atoms with van der Waals surface area (Å²) >= 11 is 0. The van der Waals surface area contributed by atoms with Crippen molar-refractivity contribution in [1.29, 1.82) is 0 Å². The number of ether oxygens (including phenoxy) is 3. The topological polar surface area (TPSA) is 155 Å². The van der Waals surface area contributed by atoms with Crippen LogP contribution < -0.4 is 14.2 Å². The molecule has 44 heavy (non-hydrogen) atoms. The van der Waals surface area contributed by atoms with Gasteiger partial charge >= 0.3 is 0 Å². The van der Waals surface area contributed by atoms with Crippen LogP contribution in [-0.2, 0) is 19.6 Å². The van der Waals surface area contributed by atoms with Crippen molar-refractivity contribution in [3.63, 3.8) is 0 Å². The van der Waals surface area contributed by atoms with Crippen molar-refractivity contribution in [1.82, 2.24) is 29.6 Å². The molecule has 0 saturated carbocycles. The molecule has 1 aromatic carbocycles. The largest absolute Gasteiger partial charge is 0.494 e. The summed E-state index contributed by atoms with van der Waals surface area (Å²) in [4.78, 5) is 15.9. The molecule has 1 saturated heterocycles. The molecule has 0 spiro atoms. The molecule has 2 atom stereocenters. The van der Waals surface area contributed by atoms with E-state index in [-0.39, 0.29) is 17.9 Å². The second kappa shape index (κ2) is 14.4. The van der Waals surface area contributed by atoms with Gasteiger partial charge in [-0.15, -0.1) is 10.2 Å². The number of sulfonamides is 1. The maximum absolute atomic E-state index is 14.2. The number of oxime groups is 1. The number of aromatic nitrogens is 5. The van der Waals surface area contributed by atoms with Crippen LogP contribution in [0.25, 0.3) is 11.3 Å². The number of likely N-dealkylation sites (tertiary alicyclic amines) is 1. The van der Waals surface area contributed by atoms with Crippen LogP contribution in [-0.4, -0.2) is 97.1 Å². The van der Waals surface area contributed by atoms with E-state index in [4.69, 9.17) is 19.0 Å². The number of hydrogen-bond acceptors (Lipinski definition) is 12. The fraction of sp³-hybridized carbons (Fsp3) is 0.414. The van der Waals surface area contributed by atoms with Crippen LogP contribution in [0, 0.1) is 6.92 Å². The summed E-state index contributed by atoms with van der Waals surface area (Å²) in [5.41, 5.74) is 1.72. The van der Waals surface area contributed by atoms with Gasteiger partial charge in [0, 0.05) is 38.2 Å². The minimum atomic E-state index is -4.14. The number of nitrogens with zero attached hydrogens (tertiary/aromatic N) is 7. The van der Waals surface area contributed by atoms with Gasteiger partial charge in [0.2, 0.25) is 16.0 Å². The lowest BCUT2D eigenvalue weighted by Gasteiger charge is -2.44. The van der Waals surface area contributed by atoms with Crippen LogP contribution in [0.1, 0.15) is 37.1 Å². The maximum atomic E-state index is 14.2. The number of methoxy groups -OCH3 is 3. The van der Waals surface area contributed by atoms with Crippen molar-refractivity contribution in [2.45, 2.75) is 38.2 Å². The molecule has 15 heteroatoms. The van der Waals surface area contributed by atoms with E-state index in [2.05, 4.69) is 30.0 Å². The molecule has 0 radical (unpaired) electrons. The SMILES string of the molecule is C\C=C/C=C(\C=N\OC)c1nnc(NS(=O)(=O)[C@H](C)[C@@H](c2ncc(C)cn2)N2CC(OC)C2)n1-c1c(OC)cccc1OC. The van der Waals surface area contributed by atoms with Gasteiger partial charge in [-0.1, -0.05) is 23.4 Å². The van der Waals surface area contributed by atoms with E-state index in [1.54, 1.807) is 56.8 Å². The van der Waals surface area contributed by atoms with Gasteiger partial charge in [-0.05, 0) is 44.5 Å². The molecule has 0 amide bonds. The molecular formula is C29H38N8O6S. The average Bonchev–Trinajstić information content (AvgIpc) is 3.40. The van der Waals surface area contributed by atoms with Gasteiger partial charge in [-0.3, -0.25) is 14.2 Å². The Labute approximate surface area is 257 Å². The van der Waals surface area contributed by atoms with Crippen molar-refractivity contribution >= 4 is 27.8 Å². The predicted molar refractivity (Wildman–Crippen MR) is 167 cm³/mol. The molecule has 236 valence electrons. The van der Waals surface area contributed by atoms with Crippen LogP contribution >= 0.6 is 0 Å². The van der Waals surface area contributed by atoms with Crippen LogP contribution in [0.15, 0.2) is 54.0 Å². The minimum Gasteiger partial charge on any atom is -0.494 e. The van der Waals surface area contributed by atoms with E-state index in [1.807, 2.05) is 24.8 Å². The molecule has 1 aliphatic heterocycles. The predicted octanol–water partition coefficient (Wildman–Crippen LogP) is 3.18. The smallest absolute Gasteiger partial charge is 0.243 e. The standard InChI is InChI=1S/C29H38N8O6S/c1-8-9-11-21(16-32-43-7)28-33-34-29(37(28)26-23(41-5)12-10-13-24(26)42-6)35-44(38,39)20(3)25(36-17-22(18-36)40-4)27-30-14-19(2)15-31-27/h8-16,20,22,25H,17-18H2,1-7H3,(H,34,35)/b9-8-,21-11+,32-16+/t20-,25+/m1/s1. The summed E-state index contributed by atoms with van der Waals surface area (Å²) in [7, 11) is 1.92. The Morgan fingerprint density at radius 2 is 1.75 bits per heavy atom. The van der Waals surface area contributed by atoms with E-state index in [9.17, 15) is 8.42 Å². The lowest BCUT2D eigenvalue weighted by molar-refractivity contribution is -0.0530. The first-order valence-electron chi connectivity index (χ1n) is 13.8. The van der Waals surface area contributed by atoms with Gasteiger partial charge in [0.25, 0.3) is 0 Å². The third kappa shape index (κ3) is 6.90. The third-order valence-corrected chi connectivity index (χ3v) is 8.85. The van der Waals surface area contributed by atoms with Crippen molar-refractivity contribution < 1.29 is 27.5 Å². The zero-order valence-corrected chi connectivity index (χ0v) is 26.6. The second-order valence-electron chi connectivity index (χ2n) is 9.99. The summed E-state index contributed by atoms with van der Waals surface area (Å²) in [6.45, 7) is 6.42. The summed E-state index contributed by atoms with van der Waals surface area (Å²) < 4.78 is 49.3. The van der Waals surface area contributed by atoms with Gasteiger partial charge in [0.15, 0.2) is 5.82 Å². The fourth-order valence-corrected chi connectivity index (χ4v) is 5.95. The summed E-state index contributed by atoms with van der Waals surface area (Å²) in [5.74, 6) is 1.34. The van der Waals surface area contributed by atoms with E-state index in [1.165, 1.54) is 32.1 Å². The average molecular weight is 627 g/mol. The number of benzene rings is 1. The molecule has 1 fully saturated rings. The maximum Gasteiger partial charge on any atom is 0.243 e. The fourth-order valence-electron chi connectivity index (χ4n) is 4.75. The van der Waals surface area contributed by atoms with E-state index >= 15 is 0 Å². The first-order valence-corrected chi connectivity index (χ1v) is 15.4. The number of hydrogen-bond donors (Lipinski definition) is 1. The van der Waals surface area contributed by atoms with Gasteiger partial charge < -0.3 is 19.0 Å². The van der Waals surface area contributed by atoms with Crippen molar-refractivity contribution in [3.8, 4) is 17.2 Å². The highest BCUT2D eigenvalue weighted by Crippen LogP contribution is 2.37. The first kappa shape index (κ1) is 32.6. The highest BCUT2D eigenvalue weighted by atomic mass is 32.2. The van der Waals surface area contributed by atoms with E-state index in [0.717, 1.165) is 5.56 Å². The Balaban J connectivity index is 1.85. The highest BCUT2D eigenvalue weighted by Gasteiger charge is 2.43. The van der Waals surface area contributed by atoms with Crippen molar-refractivity contribution in [2.24, 2.45) is 5.16 Å². The Morgan fingerprint density at radius 1 is 1.09 bits per heavy atom. The van der Waals surface area contributed by atoms with Gasteiger partial charge in [0.05, 0.1) is 32.6 Å². The van der Waals surface area contributed by atoms with Gasteiger partial charge in [-0.25, -0.2) is 18.4 Å². The molecule has 1 aliphatic rings. The summed E-state index contributed by atoms with van der Waals surface area (Å²) in [6.07, 6.45) is 10.1. The zero-order chi connectivity index (χ0) is 31.9. The number of rotatable bonds is 14. The van der Waals surface area contributed by atoms with Gasteiger partial charge in [-0.2, -0.15) is 0 Å². The van der Waals surface area contributed by atoms with Crippen LogP contribution in [0.3, 0.4) is 0 Å². The molecule has 0 bridgehead atoms. The van der Waals surface area contributed by atoms with Crippen molar-refractivity contribution in [3.05, 3.63) is 66.0 Å². The third-order valence-electron chi connectivity index (χ3n) is 7.15. The van der Waals surface area contributed by atoms with E-state index in [0.29, 0.717) is 41.7 Å². The van der Waals surface area contributed by atoms with Gasteiger partial charge in [0.1, 0.15) is 35.4 Å². The number of para-hydroxylation sites is 1. The van der Waals surface area contributed by atoms with Crippen LogP contribution in [0.4, 0.5) is 5.95 Å². The summed E-state index contributed by atoms with van der Waals surface area (Å²) in [6, 6.07) is 4.55. The summed E-state index contributed by atoms with van der Waals surface area (Å²) in [5, 5.41) is 11.5. The lowest BCUT2D eigenvalue weighted by Crippen LogP contribution is -2.56. The first-order chi connectivity index (χ1) is 21.2. The molecule has 0 aliphatic carbocycles. The molecule has 1 N–H and O–H groups in total. The second-order valence-corrected chi connectivity index (χ2v) is 12.0. The molecule has 0 unspecified atom stereocenters. The minimum absolute atomic E-state index is 0.00868. The Bertz CT molecular complexity index is 1590. The number of allylic oxidation sites excluding steroid dienone is 4. The Hall–Kier alpha value is -4.34. The van der Waals surface area contributed by atoms with Crippen molar-refractivity contribution in [2.75, 3.05) is 46.3 Å². The molecule has 4 rings (SSSR count). The van der Waals surface area contributed by atoms with Crippen LogP contribution in [0.2, 0.25) is 0 Å².